The van der Waals surface area contributed by atoms with Gasteiger partial charge in [-0.3, -0.25) is 23.9 Å². The van der Waals surface area contributed by atoms with Gasteiger partial charge in [0.1, 0.15) is 11.6 Å². The molecule has 1 aliphatic heterocycles. The van der Waals surface area contributed by atoms with E-state index >= 15 is 0 Å². The lowest BCUT2D eigenvalue weighted by atomic mass is 10.1. The van der Waals surface area contributed by atoms with Gasteiger partial charge in [-0.15, -0.1) is 0 Å². The van der Waals surface area contributed by atoms with Crippen LogP contribution in [0.2, 0.25) is 5.02 Å². The van der Waals surface area contributed by atoms with Gasteiger partial charge in [0.2, 0.25) is 5.83 Å². The van der Waals surface area contributed by atoms with Crippen molar-refractivity contribution in [2.75, 3.05) is 13.8 Å². The number of fused-ring (bicyclic) bond motifs is 1. The Bertz CT molecular complexity index is 1400. The highest BCUT2D eigenvalue weighted by atomic mass is 35.5. The molecule has 8 nitrogen and oxygen atoms in total. The molecule has 37 heavy (non-hydrogen) atoms. The molecule has 0 spiro atoms. The molecule has 0 radical (unpaired) electrons. The molecule has 1 amide bonds. The molecule has 1 aliphatic rings. The Hall–Kier alpha value is -4.11. The van der Waals surface area contributed by atoms with E-state index in [-0.39, 0.29) is 24.9 Å². The third kappa shape index (κ3) is 5.83. The number of halogens is 2. The minimum Gasteiger partial charge on any atom is -0.497 e. The second kappa shape index (κ2) is 11.7. The predicted octanol–water partition coefficient (Wildman–Crippen LogP) is 5.08. The highest BCUT2D eigenvalue weighted by Gasteiger charge is 2.24. The van der Waals surface area contributed by atoms with Gasteiger partial charge in [0.25, 0.3) is 11.8 Å². The molecule has 0 atom stereocenters. The summed E-state index contributed by atoms with van der Waals surface area (Å²) in [5.41, 5.74) is 2.17. The first-order valence-corrected chi connectivity index (χ1v) is 11.9. The van der Waals surface area contributed by atoms with Crippen LogP contribution in [0, 0.1) is 6.92 Å². The number of ether oxygens (including phenoxy) is 2. The molecule has 2 heterocycles. The predicted molar refractivity (Wildman–Crippen MR) is 139 cm³/mol. The normalized spacial score (nSPS) is 12.9. The van der Waals surface area contributed by atoms with E-state index in [2.05, 4.69) is 11.9 Å². The summed E-state index contributed by atoms with van der Waals surface area (Å²) in [5, 5.41) is 3.39. The zero-order valence-electron chi connectivity index (χ0n) is 20.9. The maximum absolute atomic E-state index is 13.6. The lowest BCUT2D eigenvalue weighted by Gasteiger charge is -2.25. The van der Waals surface area contributed by atoms with E-state index in [1.54, 1.807) is 49.4 Å². The Morgan fingerprint density at radius 3 is 2.46 bits per heavy atom. The molecule has 1 N–H and O–H groups in total. The molecule has 1 aromatic heterocycles. The van der Waals surface area contributed by atoms with Crippen molar-refractivity contribution < 1.29 is 28.2 Å². The average molecular weight is 528 g/mol. The summed E-state index contributed by atoms with van der Waals surface area (Å²) in [5.74, 6) is -2.21. The largest absolute Gasteiger partial charge is 0.497 e. The lowest BCUT2D eigenvalue weighted by molar-refractivity contribution is -0.146. The minimum absolute atomic E-state index is 0.0790. The molecule has 0 fully saturated rings. The third-order valence-corrected chi connectivity index (χ3v) is 5.86. The Balaban J connectivity index is 0.00000186. The van der Waals surface area contributed by atoms with Crippen LogP contribution in [0.25, 0.3) is 10.9 Å². The molecule has 0 bridgehead atoms. The number of carbonyl (C=O) groups is 3. The number of nitrogens with one attached hydrogen (secondary N) is 1. The third-order valence-electron chi connectivity index (χ3n) is 5.61. The number of nitrogens with zero attached hydrogens (tertiary/aromatic N) is 2. The van der Waals surface area contributed by atoms with Gasteiger partial charge in [-0.1, -0.05) is 32.0 Å². The monoisotopic (exact) mass is 527 g/mol. The van der Waals surface area contributed by atoms with Crippen LogP contribution in [0.4, 0.5) is 4.39 Å². The van der Waals surface area contributed by atoms with Crippen molar-refractivity contribution in [1.82, 2.24) is 14.8 Å². The molecule has 0 saturated carbocycles. The minimum atomic E-state index is -1.03. The van der Waals surface area contributed by atoms with E-state index in [1.807, 2.05) is 13.8 Å². The van der Waals surface area contributed by atoms with Crippen LogP contribution in [0.15, 0.2) is 66.9 Å². The first-order chi connectivity index (χ1) is 17.7. The Kier molecular flexibility index (Phi) is 8.73. The number of carbonyl (C=O) groups excluding carboxylic acids is 3. The maximum atomic E-state index is 13.6. The number of methoxy groups -OCH3 is 1. The van der Waals surface area contributed by atoms with Crippen LogP contribution in [0.3, 0.4) is 0 Å². The molecule has 2 aromatic carbocycles. The van der Waals surface area contributed by atoms with Crippen LogP contribution < -0.4 is 10.1 Å². The zero-order valence-corrected chi connectivity index (χ0v) is 21.7. The fourth-order valence-corrected chi connectivity index (χ4v) is 3.91. The van der Waals surface area contributed by atoms with Gasteiger partial charge < -0.3 is 14.8 Å². The van der Waals surface area contributed by atoms with Crippen molar-refractivity contribution in [2.45, 2.75) is 27.2 Å². The fraction of sp³-hybridized carbons (Fsp3) is 0.222. The summed E-state index contributed by atoms with van der Waals surface area (Å²) < 4.78 is 25.7. The van der Waals surface area contributed by atoms with Crippen molar-refractivity contribution in [2.24, 2.45) is 0 Å². The number of hydrogen-bond donors (Lipinski definition) is 1. The smallest absolute Gasteiger partial charge is 0.312 e. The van der Waals surface area contributed by atoms with E-state index in [4.69, 9.17) is 21.1 Å². The topological polar surface area (TPSA) is 89.9 Å². The standard InChI is InChI=1S/C25H21ClFN3O5.C2H6/c1-14-19(11-23(31)35-13-29-12-21(27)24(32)28-15(29)2)20-10-18(34-3)8-9-22(20)30(14)25(33)16-4-6-17(26)7-5-16;1-2/h4-10,12H,2,11,13H2,1,3H3,(H,28,32);1-2H3. The van der Waals surface area contributed by atoms with E-state index in [1.165, 1.54) is 11.7 Å². The van der Waals surface area contributed by atoms with Crippen molar-refractivity contribution in [3.05, 3.63) is 88.7 Å². The first-order valence-electron chi connectivity index (χ1n) is 11.5. The van der Waals surface area contributed by atoms with Gasteiger partial charge in [0.15, 0.2) is 6.73 Å². The molecule has 3 aromatic rings. The van der Waals surface area contributed by atoms with Gasteiger partial charge in [0.05, 0.1) is 25.2 Å². The Morgan fingerprint density at radius 2 is 1.81 bits per heavy atom. The SMILES string of the molecule is C=C1NC(=O)C(F)=CN1COC(=O)Cc1c(C)n(C(=O)c2ccc(Cl)cc2)c2ccc(OC)cc12.CC. The van der Waals surface area contributed by atoms with Crippen LogP contribution in [0.1, 0.15) is 35.5 Å². The van der Waals surface area contributed by atoms with E-state index < -0.39 is 17.7 Å². The number of amides is 1. The van der Waals surface area contributed by atoms with Crippen LogP contribution >= 0.6 is 11.6 Å². The summed E-state index contributed by atoms with van der Waals surface area (Å²) in [4.78, 5) is 38.6. The summed E-state index contributed by atoms with van der Waals surface area (Å²) >= 11 is 5.96. The maximum Gasteiger partial charge on any atom is 0.312 e. The van der Waals surface area contributed by atoms with Crippen LogP contribution in [-0.4, -0.2) is 41.1 Å². The van der Waals surface area contributed by atoms with Crippen molar-refractivity contribution in [3.8, 4) is 5.75 Å². The summed E-state index contributed by atoms with van der Waals surface area (Å²) in [7, 11) is 1.52. The quantitative estimate of drug-likeness (QED) is 0.449. The molecule has 194 valence electrons. The number of hydrogen-bond acceptors (Lipinski definition) is 6. The summed E-state index contributed by atoms with van der Waals surface area (Å²) in [6.07, 6.45) is 0.747. The molecule has 4 rings (SSSR count). The van der Waals surface area contributed by atoms with Crippen molar-refractivity contribution in [3.63, 3.8) is 0 Å². The average Bonchev–Trinajstić information content (AvgIpc) is 3.16. The van der Waals surface area contributed by atoms with E-state index in [9.17, 15) is 18.8 Å². The number of rotatable bonds is 6. The van der Waals surface area contributed by atoms with Gasteiger partial charge in [-0.2, -0.15) is 4.39 Å². The number of esters is 1. The molecule has 0 saturated heterocycles. The molecule has 10 heteroatoms. The molecular weight excluding hydrogens is 501 g/mol. The Labute approximate surface area is 218 Å². The van der Waals surface area contributed by atoms with Crippen LogP contribution in [0.5, 0.6) is 5.75 Å². The number of aromatic nitrogens is 1. The van der Waals surface area contributed by atoms with Crippen LogP contribution in [-0.2, 0) is 20.7 Å². The molecular formula is C27H27ClFN3O5. The fourth-order valence-electron chi connectivity index (χ4n) is 3.78. The molecule has 0 aliphatic carbocycles. The highest BCUT2D eigenvalue weighted by molar-refractivity contribution is 6.30. The summed E-state index contributed by atoms with van der Waals surface area (Å²) in [6.45, 7) is 8.99. The van der Waals surface area contributed by atoms with Gasteiger partial charge in [-0.25, -0.2) is 0 Å². The molecule has 0 unspecified atom stereocenters. The highest BCUT2D eigenvalue weighted by Crippen LogP contribution is 2.31. The van der Waals surface area contributed by atoms with Crippen molar-refractivity contribution >= 4 is 40.3 Å². The van der Waals surface area contributed by atoms with E-state index in [0.29, 0.717) is 38.5 Å². The second-order valence-electron chi connectivity index (χ2n) is 7.76. The van der Waals surface area contributed by atoms with Gasteiger partial charge in [-0.05, 0) is 55.0 Å². The van der Waals surface area contributed by atoms with Crippen molar-refractivity contribution in [1.29, 1.82) is 0 Å². The zero-order chi connectivity index (χ0) is 27.3. The summed E-state index contributed by atoms with van der Waals surface area (Å²) in [6, 6.07) is 11.7. The van der Waals surface area contributed by atoms with Gasteiger partial charge >= 0.3 is 5.97 Å². The first kappa shape index (κ1) is 27.5. The van der Waals surface area contributed by atoms with Gasteiger partial charge in [0, 0.05) is 21.7 Å². The van der Waals surface area contributed by atoms with E-state index in [0.717, 1.165) is 11.1 Å². The number of benzene rings is 2. The lowest BCUT2D eigenvalue weighted by Crippen LogP contribution is -2.38. The Morgan fingerprint density at radius 1 is 1.14 bits per heavy atom. The second-order valence-corrected chi connectivity index (χ2v) is 8.20.